The van der Waals surface area contributed by atoms with Crippen molar-refractivity contribution in [3.8, 4) is 11.6 Å². The largest absolute Gasteiger partial charge is 0.464 e. The van der Waals surface area contributed by atoms with Gasteiger partial charge in [-0.05, 0) is 12.1 Å². The summed E-state index contributed by atoms with van der Waals surface area (Å²) < 4.78 is 9.97. The summed E-state index contributed by atoms with van der Waals surface area (Å²) in [6.07, 6.45) is 2.63. The molecule has 0 bridgehead atoms. The molecule has 7 heteroatoms. The van der Waals surface area contributed by atoms with E-state index in [9.17, 15) is 4.79 Å². The van der Waals surface area contributed by atoms with Gasteiger partial charge in [-0.2, -0.15) is 0 Å². The van der Waals surface area contributed by atoms with Gasteiger partial charge in [-0.1, -0.05) is 29.3 Å². The smallest absolute Gasteiger partial charge is 0.358 e. The van der Waals surface area contributed by atoms with Gasteiger partial charge in [-0.3, -0.25) is 4.98 Å². The lowest BCUT2D eigenvalue weighted by Crippen LogP contribution is -2.05. The summed E-state index contributed by atoms with van der Waals surface area (Å²) in [4.78, 5) is 19.1. The molecule has 0 saturated heterocycles. The van der Waals surface area contributed by atoms with E-state index in [1.54, 1.807) is 18.2 Å². The molecule has 1 aromatic carbocycles. The van der Waals surface area contributed by atoms with Gasteiger partial charge in [0.1, 0.15) is 10.8 Å². The number of hydrogen-bond acceptors (Lipinski definition) is 5. The highest BCUT2D eigenvalue weighted by molar-refractivity contribution is 6.42. The Balaban J connectivity index is 2.28. The van der Waals surface area contributed by atoms with Crippen molar-refractivity contribution in [1.82, 2.24) is 9.97 Å². The van der Waals surface area contributed by atoms with Crippen molar-refractivity contribution in [2.45, 2.75) is 0 Å². The maximum atomic E-state index is 11.3. The fourth-order valence-electron chi connectivity index (χ4n) is 1.28. The van der Waals surface area contributed by atoms with E-state index in [0.717, 1.165) is 0 Å². The zero-order valence-corrected chi connectivity index (χ0v) is 11.3. The van der Waals surface area contributed by atoms with Crippen LogP contribution in [0.4, 0.5) is 0 Å². The lowest BCUT2D eigenvalue weighted by atomic mass is 10.3. The molecule has 0 aliphatic rings. The number of hydrogen-bond donors (Lipinski definition) is 0. The molecule has 0 radical (unpaired) electrons. The van der Waals surface area contributed by atoms with E-state index in [1.165, 1.54) is 19.5 Å². The van der Waals surface area contributed by atoms with Gasteiger partial charge in [-0.25, -0.2) is 9.78 Å². The first-order valence-electron chi connectivity index (χ1n) is 5.14. The Kier molecular flexibility index (Phi) is 4.19. The first kappa shape index (κ1) is 13.6. The molecule has 98 valence electrons. The van der Waals surface area contributed by atoms with Crippen molar-refractivity contribution in [3.63, 3.8) is 0 Å². The minimum atomic E-state index is -0.602. The highest BCUT2D eigenvalue weighted by atomic mass is 35.5. The summed E-state index contributed by atoms with van der Waals surface area (Å²) in [7, 11) is 1.26. The van der Waals surface area contributed by atoms with Crippen LogP contribution in [0.5, 0.6) is 11.6 Å². The Hall–Kier alpha value is -1.85. The topological polar surface area (TPSA) is 61.3 Å². The molecule has 0 amide bonds. The number of halogens is 2. The third kappa shape index (κ3) is 3.13. The number of nitrogens with zero attached hydrogens (tertiary/aromatic N) is 2. The van der Waals surface area contributed by atoms with Crippen LogP contribution in [0.3, 0.4) is 0 Å². The fraction of sp³-hybridized carbons (Fsp3) is 0.0833. The van der Waals surface area contributed by atoms with E-state index in [0.29, 0.717) is 10.8 Å². The Labute approximate surface area is 119 Å². The highest BCUT2D eigenvalue weighted by Gasteiger charge is 2.11. The van der Waals surface area contributed by atoms with Crippen molar-refractivity contribution in [1.29, 1.82) is 0 Å². The van der Waals surface area contributed by atoms with Crippen molar-refractivity contribution in [2.24, 2.45) is 0 Å². The summed E-state index contributed by atoms with van der Waals surface area (Å²) in [5, 5.41) is 0.616. The van der Waals surface area contributed by atoms with E-state index in [1.807, 2.05) is 0 Å². The normalized spacial score (nSPS) is 10.1. The van der Waals surface area contributed by atoms with Crippen LogP contribution in [0.25, 0.3) is 0 Å². The Morgan fingerprint density at radius 2 is 2.05 bits per heavy atom. The molecule has 1 aromatic heterocycles. The molecular formula is C12H8Cl2N2O3. The molecular weight excluding hydrogens is 291 g/mol. The lowest BCUT2D eigenvalue weighted by molar-refractivity contribution is 0.0592. The zero-order chi connectivity index (χ0) is 13.8. The van der Waals surface area contributed by atoms with Gasteiger partial charge in [0, 0.05) is 0 Å². The van der Waals surface area contributed by atoms with Crippen LogP contribution in [0.15, 0.2) is 30.6 Å². The first-order valence-corrected chi connectivity index (χ1v) is 5.89. The molecule has 1 heterocycles. The molecule has 2 rings (SSSR count). The Morgan fingerprint density at radius 3 is 2.79 bits per heavy atom. The van der Waals surface area contributed by atoms with Crippen LogP contribution in [0.1, 0.15) is 10.5 Å². The second kappa shape index (κ2) is 5.86. The van der Waals surface area contributed by atoms with Gasteiger partial charge in [-0.15, -0.1) is 0 Å². The van der Waals surface area contributed by atoms with Crippen LogP contribution < -0.4 is 4.74 Å². The van der Waals surface area contributed by atoms with Crippen LogP contribution >= 0.6 is 23.2 Å². The summed E-state index contributed by atoms with van der Waals surface area (Å²) in [5.74, 6) is -0.160. The van der Waals surface area contributed by atoms with E-state index >= 15 is 0 Å². The molecule has 19 heavy (non-hydrogen) atoms. The summed E-state index contributed by atoms with van der Waals surface area (Å²) in [5.41, 5.74) is 0.0400. The fourth-order valence-corrected chi connectivity index (χ4v) is 1.61. The SMILES string of the molecule is COC(=O)c1cncc(Oc2cccc(Cl)c2Cl)n1. The number of methoxy groups -OCH3 is 1. The third-order valence-electron chi connectivity index (χ3n) is 2.14. The molecule has 0 saturated carbocycles. The van der Waals surface area contributed by atoms with E-state index < -0.39 is 5.97 Å². The molecule has 2 aromatic rings. The summed E-state index contributed by atoms with van der Waals surface area (Å²) in [6.45, 7) is 0. The van der Waals surface area contributed by atoms with Crippen LogP contribution in [-0.2, 0) is 4.74 Å². The molecule has 0 spiro atoms. The van der Waals surface area contributed by atoms with Crippen LogP contribution in [-0.4, -0.2) is 23.0 Å². The van der Waals surface area contributed by atoms with E-state index in [-0.39, 0.29) is 16.6 Å². The van der Waals surface area contributed by atoms with Crippen LogP contribution in [0, 0.1) is 0 Å². The average Bonchev–Trinajstić information content (AvgIpc) is 2.43. The Morgan fingerprint density at radius 1 is 1.26 bits per heavy atom. The monoisotopic (exact) mass is 298 g/mol. The van der Waals surface area contributed by atoms with Gasteiger partial charge in [0.15, 0.2) is 5.69 Å². The number of ether oxygens (including phenoxy) is 2. The molecule has 0 atom stereocenters. The summed E-state index contributed by atoms with van der Waals surface area (Å²) >= 11 is 11.8. The maximum absolute atomic E-state index is 11.3. The van der Waals surface area contributed by atoms with Crippen molar-refractivity contribution >= 4 is 29.2 Å². The molecule has 0 N–H and O–H groups in total. The molecule has 0 aliphatic heterocycles. The minimum absolute atomic E-state index is 0.0400. The number of aromatic nitrogens is 2. The predicted molar refractivity (Wildman–Crippen MR) is 69.9 cm³/mol. The van der Waals surface area contributed by atoms with Crippen molar-refractivity contribution < 1.29 is 14.3 Å². The average molecular weight is 299 g/mol. The van der Waals surface area contributed by atoms with E-state index in [4.69, 9.17) is 27.9 Å². The van der Waals surface area contributed by atoms with Crippen LogP contribution in [0.2, 0.25) is 10.0 Å². The third-order valence-corrected chi connectivity index (χ3v) is 2.94. The number of rotatable bonds is 3. The zero-order valence-electron chi connectivity index (χ0n) is 9.76. The van der Waals surface area contributed by atoms with Crippen molar-refractivity contribution in [3.05, 3.63) is 46.3 Å². The van der Waals surface area contributed by atoms with Gasteiger partial charge >= 0.3 is 5.97 Å². The minimum Gasteiger partial charge on any atom is -0.464 e. The number of carbonyl (C=O) groups is 1. The molecule has 0 fully saturated rings. The Bertz CT molecular complexity index is 620. The van der Waals surface area contributed by atoms with E-state index in [2.05, 4.69) is 14.7 Å². The van der Waals surface area contributed by atoms with Crippen molar-refractivity contribution in [2.75, 3.05) is 7.11 Å². The molecule has 0 unspecified atom stereocenters. The second-order valence-corrected chi connectivity index (χ2v) is 4.17. The van der Waals surface area contributed by atoms with Gasteiger partial charge in [0.05, 0.1) is 24.5 Å². The molecule has 0 aliphatic carbocycles. The number of carbonyl (C=O) groups excluding carboxylic acids is 1. The lowest BCUT2D eigenvalue weighted by Gasteiger charge is -2.07. The quantitative estimate of drug-likeness (QED) is 0.813. The van der Waals surface area contributed by atoms with Gasteiger partial charge in [0.25, 0.3) is 0 Å². The number of benzene rings is 1. The highest BCUT2D eigenvalue weighted by Crippen LogP contribution is 2.33. The van der Waals surface area contributed by atoms with Gasteiger partial charge in [0.2, 0.25) is 5.88 Å². The standard InChI is InChI=1S/C12H8Cl2N2O3/c1-18-12(17)8-5-15-6-10(16-8)19-9-4-2-3-7(13)11(9)14/h2-6H,1H3. The maximum Gasteiger partial charge on any atom is 0.358 e. The first-order chi connectivity index (χ1) is 9.11. The predicted octanol–water partition coefficient (Wildman–Crippen LogP) is 3.36. The molecule has 5 nitrogen and oxygen atoms in total. The second-order valence-electron chi connectivity index (χ2n) is 3.39. The van der Waals surface area contributed by atoms with Gasteiger partial charge < -0.3 is 9.47 Å². The number of esters is 1. The summed E-state index contributed by atoms with van der Waals surface area (Å²) in [6, 6.07) is 4.94.